The first-order valence-electron chi connectivity index (χ1n) is 7.76. The minimum atomic E-state index is 0.858. The van der Waals surface area contributed by atoms with Crippen LogP contribution < -0.4 is 4.90 Å². The zero-order valence-corrected chi connectivity index (χ0v) is 15.0. The smallest absolute Gasteiger partial charge is 0.0464 e. The Balaban J connectivity index is 2.12. The largest absolute Gasteiger partial charge is 0.310 e. The van der Waals surface area contributed by atoms with Crippen LogP contribution in [-0.4, -0.2) is 0 Å². The highest BCUT2D eigenvalue weighted by atomic mass is 79.9. The Labute approximate surface area is 146 Å². The van der Waals surface area contributed by atoms with Crippen molar-refractivity contribution in [2.45, 2.75) is 19.2 Å². The standard InChI is InChI=1S/C21H20BrN/c1-16-6-10-19(11-7-16)23(20-12-8-17(2)9-13-20)21-5-3-4-18(14-21)15-22/h3-14H,15H2,1-2H3. The Hall–Kier alpha value is -2.06. The van der Waals surface area contributed by atoms with Crippen LogP contribution in [0.25, 0.3) is 0 Å². The van der Waals surface area contributed by atoms with E-state index in [-0.39, 0.29) is 0 Å². The van der Waals surface area contributed by atoms with E-state index in [1.165, 1.54) is 33.8 Å². The molecule has 0 atom stereocenters. The molecular formula is C21H20BrN. The summed E-state index contributed by atoms with van der Waals surface area (Å²) in [7, 11) is 0. The van der Waals surface area contributed by atoms with E-state index in [2.05, 4.69) is 107 Å². The molecule has 0 saturated carbocycles. The number of anilines is 3. The molecule has 0 bridgehead atoms. The first-order chi connectivity index (χ1) is 11.2. The van der Waals surface area contributed by atoms with Gasteiger partial charge < -0.3 is 4.90 Å². The Bertz CT molecular complexity index is 730. The van der Waals surface area contributed by atoms with Crippen molar-refractivity contribution in [3.8, 4) is 0 Å². The number of aryl methyl sites for hydroxylation is 2. The summed E-state index contributed by atoms with van der Waals surface area (Å²) in [6.07, 6.45) is 0. The molecule has 0 aliphatic carbocycles. The fourth-order valence-corrected chi connectivity index (χ4v) is 2.96. The first kappa shape index (κ1) is 15.8. The van der Waals surface area contributed by atoms with E-state index in [9.17, 15) is 0 Å². The highest BCUT2D eigenvalue weighted by Crippen LogP contribution is 2.35. The molecule has 0 saturated heterocycles. The monoisotopic (exact) mass is 365 g/mol. The zero-order chi connectivity index (χ0) is 16.2. The van der Waals surface area contributed by atoms with E-state index in [0.717, 1.165) is 5.33 Å². The molecule has 0 aliphatic rings. The molecule has 23 heavy (non-hydrogen) atoms. The second kappa shape index (κ2) is 7.01. The Morgan fingerprint density at radius 1 is 0.696 bits per heavy atom. The van der Waals surface area contributed by atoms with Crippen LogP contribution in [0.1, 0.15) is 16.7 Å². The molecule has 3 rings (SSSR count). The summed E-state index contributed by atoms with van der Waals surface area (Å²) < 4.78 is 0. The molecule has 0 fully saturated rings. The molecule has 0 aliphatic heterocycles. The van der Waals surface area contributed by atoms with Crippen LogP contribution in [0.3, 0.4) is 0 Å². The molecule has 0 heterocycles. The number of benzene rings is 3. The van der Waals surface area contributed by atoms with Gasteiger partial charge in [0.15, 0.2) is 0 Å². The van der Waals surface area contributed by atoms with E-state index in [4.69, 9.17) is 0 Å². The molecule has 0 amide bonds. The lowest BCUT2D eigenvalue weighted by atomic mass is 10.1. The highest BCUT2D eigenvalue weighted by Gasteiger charge is 2.12. The van der Waals surface area contributed by atoms with Gasteiger partial charge in [-0.05, 0) is 55.8 Å². The van der Waals surface area contributed by atoms with Crippen molar-refractivity contribution in [2.75, 3.05) is 4.90 Å². The molecule has 0 unspecified atom stereocenters. The van der Waals surface area contributed by atoms with Gasteiger partial charge in [0.25, 0.3) is 0 Å². The van der Waals surface area contributed by atoms with Crippen molar-refractivity contribution in [3.63, 3.8) is 0 Å². The summed E-state index contributed by atoms with van der Waals surface area (Å²) in [5, 5.41) is 0.858. The van der Waals surface area contributed by atoms with Gasteiger partial charge in [-0.3, -0.25) is 0 Å². The lowest BCUT2D eigenvalue weighted by Crippen LogP contribution is -2.10. The maximum Gasteiger partial charge on any atom is 0.0464 e. The van der Waals surface area contributed by atoms with Crippen LogP contribution in [-0.2, 0) is 5.33 Å². The fraction of sp³-hybridized carbons (Fsp3) is 0.143. The van der Waals surface area contributed by atoms with Gasteiger partial charge >= 0.3 is 0 Å². The molecular weight excluding hydrogens is 346 g/mol. The molecule has 0 aromatic heterocycles. The normalized spacial score (nSPS) is 10.6. The van der Waals surface area contributed by atoms with Crippen LogP contribution in [0.4, 0.5) is 17.1 Å². The maximum absolute atomic E-state index is 3.55. The van der Waals surface area contributed by atoms with Crippen molar-refractivity contribution < 1.29 is 0 Å². The number of nitrogens with zero attached hydrogens (tertiary/aromatic N) is 1. The molecule has 0 radical (unpaired) electrons. The molecule has 3 aromatic carbocycles. The summed E-state index contributed by atoms with van der Waals surface area (Å²) >= 11 is 3.55. The molecule has 0 N–H and O–H groups in total. The summed E-state index contributed by atoms with van der Waals surface area (Å²) in [5.41, 5.74) is 7.33. The summed E-state index contributed by atoms with van der Waals surface area (Å²) in [4.78, 5) is 2.30. The predicted octanol–water partition coefficient (Wildman–Crippen LogP) is 6.67. The summed E-state index contributed by atoms with van der Waals surface area (Å²) in [6, 6.07) is 26.0. The van der Waals surface area contributed by atoms with Crippen molar-refractivity contribution in [2.24, 2.45) is 0 Å². The lowest BCUT2D eigenvalue weighted by molar-refractivity contribution is 1.26. The molecule has 116 valence electrons. The lowest BCUT2D eigenvalue weighted by Gasteiger charge is -2.26. The molecule has 2 heteroatoms. The van der Waals surface area contributed by atoms with Gasteiger partial charge in [-0.1, -0.05) is 63.5 Å². The second-order valence-corrected chi connectivity index (χ2v) is 6.37. The van der Waals surface area contributed by atoms with Gasteiger partial charge in [-0.2, -0.15) is 0 Å². The van der Waals surface area contributed by atoms with E-state index in [1.54, 1.807) is 0 Å². The Kier molecular flexibility index (Phi) is 4.82. The third-order valence-corrected chi connectivity index (χ3v) is 4.55. The van der Waals surface area contributed by atoms with E-state index in [0.29, 0.717) is 0 Å². The van der Waals surface area contributed by atoms with Gasteiger partial charge in [0, 0.05) is 22.4 Å². The van der Waals surface area contributed by atoms with Gasteiger partial charge in [0.05, 0.1) is 0 Å². The molecule has 1 nitrogen and oxygen atoms in total. The highest BCUT2D eigenvalue weighted by molar-refractivity contribution is 9.08. The van der Waals surface area contributed by atoms with Gasteiger partial charge in [-0.15, -0.1) is 0 Å². The van der Waals surface area contributed by atoms with E-state index in [1.807, 2.05) is 0 Å². The number of hydrogen-bond donors (Lipinski definition) is 0. The Morgan fingerprint density at radius 2 is 1.22 bits per heavy atom. The second-order valence-electron chi connectivity index (χ2n) is 5.81. The van der Waals surface area contributed by atoms with Gasteiger partial charge in [-0.25, -0.2) is 0 Å². The maximum atomic E-state index is 3.55. The third kappa shape index (κ3) is 3.65. The van der Waals surface area contributed by atoms with E-state index < -0.39 is 0 Å². The van der Waals surface area contributed by atoms with Crippen LogP contribution in [0.15, 0.2) is 72.8 Å². The average molecular weight is 366 g/mol. The number of rotatable bonds is 4. The van der Waals surface area contributed by atoms with E-state index >= 15 is 0 Å². The Morgan fingerprint density at radius 3 is 1.70 bits per heavy atom. The summed E-state index contributed by atoms with van der Waals surface area (Å²) in [6.45, 7) is 4.23. The third-order valence-electron chi connectivity index (χ3n) is 3.91. The zero-order valence-electron chi connectivity index (χ0n) is 13.5. The van der Waals surface area contributed by atoms with Crippen LogP contribution in [0.2, 0.25) is 0 Å². The van der Waals surface area contributed by atoms with Crippen molar-refractivity contribution >= 4 is 33.0 Å². The quantitative estimate of drug-likeness (QED) is 0.466. The number of alkyl halides is 1. The summed E-state index contributed by atoms with van der Waals surface area (Å²) in [5.74, 6) is 0. The van der Waals surface area contributed by atoms with Crippen LogP contribution in [0, 0.1) is 13.8 Å². The van der Waals surface area contributed by atoms with Crippen molar-refractivity contribution in [1.82, 2.24) is 0 Å². The minimum Gasteiger partial charge on any atom is -0.310 e. The van der Waals surface area contributed by atoms with Crippen molar-refractivity contribution in [1.29, 1.82) is 0 Å². The number of halogens is 1. The first-order valence-corrected chi connectivity index (χ1v) is 8.88. The minimum absolute atomic E-state index is 0.858. The predicted molar refractivity (Wildman–Crippen MR) is 103 cm³/mol. The SMILES string of the molecule is Cc1ccc(N(c2ccc(C)cc2)c2cccc(CBr)c2)cc1. The average Bonchev–Trinajstić information content (AvgIpc) is 2.59. The van der Waals surface area contributed by atoms with Crippen molar-refractivity contribution in [3.05, 3.63) is 89.5 Å². The molecule has 3 aromatic rings. The fourth-order valence-electron chi connectivity index (χ4n) is 2.61. The van der Waals surface area contributed by atoms with Crippen LogP contribution >= 0.6 is 15.9 Å². The van der Waals surface area contributed by atoms with Gasteiger partial charge in [0.1, 0.15) is 0 Å². The van der Waals surface area contributed by atoms with Crippen LogP contribution in [0.5, 0.6) is 0 Å². The number of hydrogen-bond acceptors (Lipinski definition) is 1. The molecule has 0 spiro atoms. The topological polar surface area (TPSA) is 3.24 Å². The van der Waals surface area contributed by atoms with Gasteiger partial charge in [0.2, 0.25) is 0 Å².